The third kappa shape index (κ3) is 5.53. The van der Waals surface area contributed by atoms with Crippen LogP contribution in [0.3, 0.4) is 0 Å². The zero-order chi connectivity index (χ0) is 33.5. The summed E-state index contributed by atoms with van der Waals surface area (Å²) in [7, 11) is 3.12. The fraction of sp³-hybridized carbons (Fsp3) is 0.0500. The maximum Gasteiger partial charge on any atom is 0.255 e. The number of amides is 2. The highest BCUT2D eigenvalue weighted by atomic mass is 16.5. The molecule has 0 aliphatic heterocycles. The molecule has 9 nitrogen and oxygen atoms in total. The van der Waals surface area contributed by atoms with E-state index in [2.05, 4.69) is 10.6 Å². The van der Waals surface area contributed by atoms with Crippen LogP contribution in [0, 0.1) is 0 Å². The van der Waals surface area contributed by atoms with Crippen LogP contribution in [-0.4, -0.2) is 26.0 Å². The largest absolute Gasteiger partial charge is 0.495 e. The molecule has 8 aromatic rings. The molecule has 0 aliphatic carbocycles. The van der Waals surface area contributed by atoms with E-state index in [1.165, 1.54) is 0 Å². The van der Waals surface area contributed by atoms with Crippen molar-refractivity contribution in [3.05, 3.63) is 132 Å². The van der Waals surface area contributed by atoms with E-state index in [9.17, 15) is 9.59 Å². The van der Waals surface area contributed by atoms with E-state index in [1.807, 2.05) is 60.7 Å². The zero-order valence-electron chi connectivity index (χ0n) is 26.4. The molecule has 0 spiro atoms. The van der Waals surface area contributed by atoms with Gasteiger partial charge in [0.1, 0.15) is 45.3 Å². The third-order valence-corrected chi connectivity index (χ3v) is 8.36. The summed E-state index contributed by atoms with van der Waals surface area (Å²) in [5.74, 6) is 1.48. The van der Waals surface area contributed by atoms with Crippen LogP contribution in [0.1, 0.15) is 20.7 Å². The van der Waals surface area contributed by atoms with Gasteiger partial charge in [-0.3, -0.25) is 9.59 Å². The summed E-state index contributed by atoms with van der Waals surface area (Å²) in [6.07, 6.45) is 0. The summed E-state index contributed by atoms with van der Waals surface area (Å²) in [6.45, 7) is 0. The Morgan fingerprint density at radius 1 is 0.490 bits per heavy atom. The number of fused-ring (bicyclic) bond motifs is 6. The van der Waals surface area contributed by atoms with E-state index in [-0.39, 0.29) is 11.8 Å². The highest BCUT2D eigenvalue weighted by molar-refractivity contribution is 6.11. The molecular weight excluding hydrogens is 620 g/mol. The number of nitrogens with one attached hydrogen (secondary N) is 2. The van der Waals surface area contributed by atoms with Gasteiger partial charge in [0.25, 0.3) is 11.8 Å². The number of carbonyl (C=O) groups is 2. The molecule has 0 unspecified atom stereocenters. The van der Waals surface area contributed by atoms with Gasteiger partial charge in [-0.25, -0.2) is 0 Å². The standard InChI is InChI=1S/C40H28N2O7/c1-45-37-19-29-27-7-3-5-9-33(27)48-35(29)21-31(37)41-39(43)23-11-15-25(16-12-23)47-26-17-13-24(14-18-26)40(44)42-32-22-36-30(20-38(32)46-2)28-8-4-6-10-34(28)49-36/h3-22H,1-2H3,(H,41,43)(H,42,44). The van der Waals surface area contributed by atoms with Gasteiger partial charge in [0.05, 0.1) is 25.6 Å². The molecule has 0 saturated carbocycles. The van der Waals surface area contributed by atoms with E-state index in [0.29, 0.717) is 56.7 Å². The molecule has 2 N–H and O–H groups in total. The summed E-state index contributed by atoms with van der Waals surface area (Å²) >= 11 is 0. The van der Waals surface area contributed by atoms with Gasteiger partial charge in [-0.15, -0.1) is 0 Å². The van der Waals surface area contributed by atoms with Crippen molar-refractivity contribution in [2.45, 2.75) is 0 Å². The Labute approximate surface area is 279 Å². The van der Waals surface area contributed by atoms with Crippen molar-refractivity contribution in [1.82, 2.24) is 0 Å². The molecule has 2 heterocycles. The molecule has 49 heavy (non-hydrogen) atoms. The number of para-hydroxylation sites is 2. The average Bonchev–Trinajstić information content (AvgIpc) is 3.68. The Morgan fingerprint density at radius 3 is 1.31 bits per heavy atom. The van der Waals surface area contributed by atoms with E-state index in [0.717, 1.165) is 32.7 Å². The number of anilines is 2. The zero-order valence-corrected chi connectivity index (χ0v) is 26.4. The van der Waals surface area contributed by atoms with Crippen molar-refractivity contribution in [3.63, 3.8) is 0 Å². The highest BCUT2D eigenvalue weighted by Crippen LogP contribution is 2.38. The molecule has 0 aliphatic rings. The van der Waals surface area contributed by atoms with Crippen LogP contribution in [0.4, 0.5) is 11.4 Å². The summed E-state index contributed by atoms with van der Waals surface area (Å²) < 4.78 is 29.1. The summed E-state index contributed by atoms with van der Waals surface area (Å²) in [5, 5.41) is 9.60. The van der Waals surface area contributed by atoms with E-state index < -0.39 is 0 Å². The number of ether oxygens (including phenoxy) is 3. The molecule has 2 amide bonds. The van der Waals surface area contributed by atoms with Crippen molar-refractivity contribution in [1.29, 1.82) is 0 Å². The summed E-state index contributed by atoms with van der Waals surface area (Å²) in [4.78, 5) is 26.3. The molecule has 8 rings (SSSR count). The Kier molecular flexibility index (Phi) is 7.34. The molecule has 0 radical (unpaired) electrons. The Bertz CT molecular complexity index is 2350. The average molecular weight is 649 g/mol. The Morgan fingerprint density at radius 2 is 0.898 bits per heavy atom. The topological polar surface area (TPSA) is 112 Å². The monoisotopic (exact) mass is 648 g/mol. The maximum atomic E-state index is 13.1. The minimum Gasteiger partial charge on any atom is -0.495 e. The number of benzene rings is 6. The molecule has 9 heteroatoms. The van der Waals surface area contributed by atoms with Gasteiger partial charge in [-0.1, -0.05) is 36.4 Å². The first-order valence-corrected chi connectivity index (χ1v) is 15.5. The van der Waals surface area contributed by atoms with E-state index in [4.69, 9.17) is 23.0 Å². The van der Waals surface area contributed by atoms with Crippen molar-refractivity contribution in [3.8, 4) is 23.0 Å². The van der Waals surface area contributed by atoms with Gasteiger partial charge >= 0.3 is 0 Å². The molecule has 6 aromatic carbocycles. The predicted molar refractivity (Wildman–Crippen MR) is 189 cm³/mol. The summed E-state index contributed by atoms with van der Waals surface area (Å²) in [5.41, 5.74) is 4.67. The fourth-order valence-electron chi connectivity index (χ4n) is 5.91. The highest BCUT2D eigenvalue weighted by Gasteiger charge is 2.17. The van der Waals surface area contributed by atoms with Gasteiger partial charge in [0, 0.05) is 44.8 Å². The second kappa shape index (κ2) is 12.1. The molecule has 0 bridgehead atoms. The van der Waals surface area contributed by atoms with Crippen LogP contribution >= 0.6 is 0 Å². The van der Waals surface area contributed by atoms with Crippen LogP contribution < -0.4 is 24.8 Å². The van der Waals surface area contributed by atoms with Crippen molar-refractivity contribution in [2.75, 3.05) is 24.9 Å². The minimum absolute atomic E-state index is 0.313. The van der Waals surface area contributed by atoms with Crippen molar-refractivity contribution in [2.24, 2.45) is 0 Å². The van der Waals surface area contributed by atoms with Gasteiger partial charge < -0.3 is 33.7 Å². The fourth-order valence-corrected chi connectivity index (χ4v) is 5.91. The summed E-state index contributed by atoms with van der Waals surface area (Å²) in [6, 6.07) is 36.3. The third-order valence-electron chi connectivity index (χ3n) is 8.36. The van der Waals surface area contributed by atoms with Crippen molar-refractivity contribution >= 4 is 67.1 Å². The van der Waals surface area contributed by atoms with Crippen LogP contribution in [-0.2, 0) is 0 Å². The smallest absolute Gasteiger partial charge is 0.255 e. The molecular formula is C40H28N2O7. The predicted octanol–water partition coefficient (Wildman–Crippen LogP) is 9.80. The molecule has 0 saturated heterocycles. The Hall–Kier alpha value is -6.74. The number of carbonyl (C=O) groups excluding carboxylic acids is 2. The second-order valence-corrected chi connectivity index (χ2v) is 11.4. The Balaban J connectivity index is 0.935. The lowest BCUT2D eigenvalue weighted by Gasteiger charge is -2.12. The normalized spacial score (nSPS) is 11.2. The lowest BCUT2D eigenvalue weighted by molar-refractivity contribution is 0.101. The minimum atomic E-state index is -0.313. The maximum absolute atomic E-state index is 13.1. The first-order valence-electron chi connectivity index (χ1n) is 15.5. The van der Waals surface area contributed by atoms with Gasteiger partial charge in [-0.05, 0) is 72.8 Å². The number of hydrogen-bond acceptors (Lipinski definition) is 7. The molecule has 0 fully saturated rings. The number of furan rings is 2. The van der Waals surface area contributed by atoms with E-state index >= 15 is 0 Å². The van der Waals surface area contributed by atoms with Gasteiger partial charge in [0.2, 0.25) is 0 Å². The van der Waals surface area contributed by atoms with Crippen LogP contribution in [0.25, 0.3) is 43.9 Å². The molecule has 2 aromatic heterocycles. The first-order chi connectivity index (χ1) is 24.0. The van der Waals surface area contributed by atoms with Gasteiger partial charge in [0.15, 0.2) is 0 Å². The van der Waals surface area contributed by atoms with Gasteiger partial charge in [-0.2, -0.15) is 0 Å². The molecule has 240 valence electrons. The van der Waals surface area contributed by atoms with Crippen LogP contribution in [0.15, 0.2) is 130 Å². The number of methoxy groups -OCH3 is 2. The lowest BCUT2D eigenvalue weighted by Crippen LogP contribution is -2.12. The number of rotatable bonds is 8. The van der Waals surface area contributed by atoms with E-state index in [1.54, 1.807) is 74.9 Å². The van der Waals surface area contributed by atoms with Crippen LogP contribution in [0.2, 0.25) is 0 Å². The number of hydrogen-bond donors (Lipinski definition) is 2. The lowest BCUT2D eigenvalue weighted by atomic mass is 10.1. The first kappa shape index (κ1) is 29.6. The quantitative estimate of drug-likeness (QED) is 0.169. The SMILES string of the molecule is COc1cc2c(cc1NC(=O)c1ccc(Oc3ccc(C(=O)Nc4cc5oc6ccccc6c5cc4OC)cc3)cc1)oc1ccccc12. The molecule has 0 atom stereocenters. The van der Waals surface area contributed by atoms with Crippen LogP contribution in [0.5, 0.6) is 23.0 Å². The second-order valence-electron chi connectivity index (χ2n) is 11.4. The van der Waals surface area contributed by atoms with Crippen molar-refractivity contribution < 1.29 is 32.6 Å².